The Bertz CT molecular complexity index is 1080. The van der Waals surface area contributed by atoms with Crippen LogP contribution in [0.3, 0.4) is 0 Å². The third kappa shape index (κ3) is 4.82. The number of nitrogens with zero attached hydrogens (tertiary/aromatic N) is 1. The molecule has 3 aromatic rings. The van der Waals surface area contributed by atoms with Crippen LogP contribution >= 0.6 is 15.9 Å². The van der Waals surface area contributed by atoms with Crippen molar-refractivity contribution in [1.29, 1.82) is 0 Å². The Morgan fingerprint density at radius 3 is 2.16 bits per heavy atom. The summed E-state index contributed by atoms with van der Waals surface area (Å²) in [4.78, 5) is 25.2. The van der Waals surface area contributed by atoms with Crippen LogP contribution in [0, 0.1) is 6.92 Å². The lowest BCUT2D eigenvalue weighted by Gasteiger charge is -2.15. The zero-order valence-corrected chi connectivity index (χ0v) is 19.2. The van der Waals surface area contributed by atoms with E-state index in [9.17, 15) is 14.7 Å². The molecule has 0 radical (unpaired) electrons. The van der Waals surface area contributed by atoms with Crippen LogP contribution in [-0.2, 0) is 20.7 Å². The Balaban J connectivity index is 2.35. The van der Waals surface area contributed by atoms with Gasteiger partial charge in [0, 0.05) is 10.2 Å². The molecule has 0 unspecified atom stereocenters. The Morgan fingerprint density at radius 2 is 1.58 bits per heavy atom. The van der Waals surface area contributed by atoms with E-state index < -0.39 is 11.9 Å². The largest absolute Gasteiger partial charge is 0.505 e. The maximum atomic E-state index is 12.9. The lowest BCUT2D eigenvalue weighted by molar-refractivity contribution is -0.142. The van der Waals surface area contributed by atoms with E-state index in [2.05, 4.69) is 15.9 Å². The highest BCUT2D eigenvalue weighted by molar-refractivity contribution is 9.10. The molecule has 0 amide bonds. The molecule has 0 fully saturated rings. The smallest absolute Gasteiger partial charge is 0.344 e. The lowest BCUT2D eigenvalue weighted by Crippen LogP contribution is -2.12. The van der Waals surface area contributed by atoms with Crippen LogP contribution in [0.4, 0.5) is 0 Å². The Hall–Kier alpha value is -3.06. The van der Waals surface area contributed by atoms with Gasteiger partial charge in [-0.15, -0.1) is 0 Å². The van der Waals surface area contributed by atoms with Gasteiger partial charge in [0.25, 0.3) is 0 Å². The lowest BCUT2D eigenvalue weighted by atomic mass is 10.1. The number of hydrogen-bond donors (Lipinski definition) is 1. The molecular weight excluding hydrogens is 462 g/mol. The quantitative estimate of drug-likeness (QED) is 0.465. The molecule has 31 heavy (non-hydrogen) atoms. The highest BCUT2D eigenvalue weighted by atomic mass is 79.9. The van der Waals surface area contributed by atoms with Gasteiger partial charge in [-0.05, 0) is 50.6 Å². The minimum atomic E-state index is -0.658. The van der Waals surface area contributed by atoms with Crippen molar-refractivity contribution in [3.05, 3.63) is 69.8 Å². The molecule has 0 bridgehead atoms. The van der Waals surface area contributed by atoms with Gasteiger partial charge < -0.3 is 19.1 Å². The number of aryl methyl sites for hydroxylation is 1. The number of ether oxygens (including phenoxy) is 2. The summed E-state index contributed by atoms with van der Waals surface area (Å²) < 4.78 is 12.9. The number of esters is 2. The van der Waals surface area contributed by atoms with Gasteiger partial charge in [0.05, 0.1) is 31.0 Å². The second kappa shape index (κ2) is 9.83. The molecule has 1 heterocycles. The third-order valence-electron chi connectivity index (χ3n) is 4.75. The number of benzene rings is 2. The van der Waals surface area contributed by atoms with E-state index in [0.717, 1.165) is 10.0 Å². The van der Waals surface area contributed by atoms with Crippen molar-refractivity contribution < 1.29 is 24.2 Å². The number of hydrogen-bond acceptors (Lipinski definition) is 5. The summed E-state index contributed by atoms with van der Waals surface area (Å²) in [5.41, 5.74) is 3.19. The highest BCUT2D eigenvalue weighted by Gasteiger charge is 2.31. The standard InChI is InChI=1S/C24H24BrNO5/c1-4-30-20(27)14-19-23(28)21(24(29)31-5-2)22(16-8-10-17(25)11-9-16)26(19)18-12-6-15(3)7-13-18/h6-13,28H,4-5,14H2,1-3H3. The van der Waals surface area contributed by atoms with E-state index in [4.69, 9.17) is 9.47 Å². The summed E-state index contributed by atoms with van der Waals surface area (Å²) in [6.45, 7) is 5.76. The zero-order valence-electron chi connectivity index (χ0n) is 17.6. The molecule has 1 aromatic heterocycles. The van der Waals surface area contributed by atoms with Gasteiger partial charge in [0.1, 0.15) is 5.56 Å². The fourth-order valence-electron chi connectivity index (χ4n) is 3.38. The van der Waals surface area contributed by atoms with Crippen molar-refractivity contribution in [2.45, 2.75) is 27.2 Å². The normalized spacial score (nSPS) is 10.7. The van der Waals surface area contributed by atoms with Gasteiger partial charge >= 0.3 is 11.9 Å². The number of carbonyl (C=O) groups excluding carboxylic acids is 2. The van der Waals surface area contributed by atoms with Crippen molar-refractivity contribution in [2.24, 2.45) is 0 Å². The molecule has 0 aliphatic heterocycles. The maximum absolute atomic E-state index is 12.9. The minimum absolute atomic E-state index is 0.0176. The average molecular weight is 486 g/mol. The van der Waals surface area contributed by atoms with Gasteiger partial charge in [-0.1, -0.05) is 45.8 Å². The molecule has 0 spiro atoms. The first kappa shape index (κ1) is 22.6. The minimum Gasteiger partial charge on any atom is -0.505 e. The van der Waals surface area contributed by atoms with E-state index in [1.807, 2.05) is 55.5 Å². The first-order valence-corrected chi connectivity index (χ1v) is 10.8. The molecule has 7 heteroatoms. The van der Waals surface area contributed by atoms with Crippen LogP contribution < -0.4 is 0 Å². The third-order valence-corrected chi connectivity index (χ3v) is 5.28. The predicted octanol–water partition coefficient (Wildman–Crippen LogP) is 5.20. The number of aromatic hydroxyl groups is 1. The fraction of sp³-hybridized carbons (Fsp3) is 0.250. The van der Waals surface area contributed by atoms with Crippen molar-refractivity contribution in [2.75, 3.05) is 13.2 Å². The molecule has 0 aliphatic rings. The molecule has 2 aromatic carbocycles. The van der Waals surface area contributed by atoms with Gasteiger partial charge in [0.2, 0.25) is 0 Å². The number of carbonyl (C=O) groups is 2. The second-order valence-electron chi connectivity index (χ2n) is 6.90. The average Bonchev–Trinajstić information content (AvgIpc) is 3.02. The molecule has 162 valence electrons. The summed E-state index contributed by atoms with van der Waals surface area (Å²) >= 11 is 3.42. The second-order valence-corrected chi connectivity index (χ2v) is 7.81. The molecule has 0 atom stereocenters. The fourth-order valence-corrected chi connectivity index (χ4v) is 3.64. The SMILES string of the molecule is CCOC(=O)Cc1c(O)c(C(=O)OCC)c(-c2ccc(Br)cc2)n1-c1ccc(C)cc1. The van der Waals surface area contributed by atoms with Crippen LogP contribution in [0.2, 0.25) is 0 Å². The molecular formula is C24H24BrNO5. The van der Waals surface area contributed by atoms with Crippen molar-refractivity contribution in [3.63, 3.8) is 0 Å². The van der Waals surface area contributed by atoms with Gasteiger partial charge in [-0.25, -0.2) is 4.79 Å². The summed E-state index contributed by atoms with van der Waals surface area (Å²) in [6.07, 6.45) is -0.198. The van der Waals surface area contributed by atoms with Gasteiger partial charge in [-0.2, -0.15) is 0 Å². The highest BCUT2D eigenvalue weighted by Crippen LogP contribution is 2.40. The number of rotatable bonds is 7. The first-order valence-electron chi connectivity index (χ1n) is 9.99. The maximum Gasteiger partial charge on any atom is 0.344 e. The molecule has 0 saturated carbocycles. The summed E-state index contributed by atoms with van der Waals surface area (Å²) in [5.74, 6) is -1.44. The monoisotopic (exact) mass is 485 g/mol. The molecule has 6 nitrogen and oxygen atoms in total. The Labute approximate surface area is 189 Å². The molecule has 0 aliphatic carbocycles. The van der Waals surface area contributed by atoms with Crippen LogP contribution in [0.25, 0.3) is 16.9 Å². The van der Waals surface area contributed by atoms with Crippen LogP contribution in [0.15, 0.2) is 53.0 Å². The number of halogens is 1. The van der Waals surface area contributed by atoms with E-state index in [0.29, 0.717) is 16.9 Å². The van der Waals surface area contributed by atoms with Gasteiger partial charge in [-0.3, -0.25) is 4.79 Å². The summed E-state index contributed by atoms with van der Waals surface area (Å²) in [5, 5.41) is 11.1. The van der Waals surface area contributed by atoms with Crippen LogP contribution in [0.1, 0.15) is 35.5 Å². The summed E-state index contributed by atoms with van der Waals surface area (Å²) in [7, 11) is 0. The molecule has 1 N–H and O–H groups in total. The molecule has 0 saturated heterocycles. The van der Waals surface area contributed by atoms with Crippen molar-refractivity contribution in [1.82, 2.24) is 4.57 Å². The summed E-state index contributed by atoms with van der Waals surface area (Å²) in [6, 6.07) is 15.0. The van der Waals surface area contributed by atoms with E-state index >= 15 is 0 Å². The zero-order chi connectivity index (χ0) is 22.5. The van der Waals surface area contributed by atoms with E-state index in [1.54, 1.807) is 18.4 Å². The van der Waals surface area contributed by atoms with Crippen molar-refractivity contribution >= 4 is 27.9 Å². The van der Waals surface area contributed by atoms with E-state index in [-0.39, 0.29) is 36.6 Å². The van der Waals surface area contributed by atoms with Crippen molar-refractivity contribution in [3.8, 4) is 22.7 Å². The molecule has 3 rings (SSSR count). The Morgan fingerprint density at radius 1 is 0.968 bits per heavy atom. The van der Waals surface area contributed by atoms with E-state index in [1.165, 1.54) is 0 Å². The predicted molar refractivity (Wildman–Crippen MR) is 122 cm³/mol. The van der Waals surface area contributed by atoms with Gasteiger partial charge in [0.15, 0.2) is 5.75 Å². The van der Waals surface area contributed by atoms with Crippen LogP contribution in [0.5, 0.6) is 5.75 Å². The topological polar surface area (TPSA) is 77.8 Å². The van der Waals surface area contributed by atoms with Crippen LogP contribution in [-0.4, -0.2) is 34.8 Å². The number of aromatic nitrogens is 1. The first-order chi connectivity index (χ1) is 14.9. The Kier molecular flexibility index (Phi) is 7.17.